The second-order valence-electron chi connectivity index (χ2n) is 6.35. The minimum atomic E-state index is -3.52. The van der Waals surface area contributed by atoms with Gasteiger partial charge in [-0.1, -0.05) is 12.1 Å². The van der Waals surface area contributed by atoms with Gasteiger partial charge < -0.3 is 4.90 Å². The summed E-state index contributed by atoms with van der Waals surface area (Å²) in [6, 6.07) is 12.0. The van der Waals surface area contributed by atoms with Gasteiger partial charge in [-0.3, -0.25) is 4.79 Å². The SMILES string of the molecule is CC(C)NS(=O)(=O)c1ccc(CCC(=O)N(C)c2ccc(F)cc2)cc1. The molecule has 0 radical (unpaired) electrons. The van der Waals surface area contributed by atoms with E-state index in [2.05, 4.69) is 4.72 Å². The van der Waals surface area contributed by atoms with Crippen LogP contribution in [0.2, 0.25) is 0 Å². The molecule has 0 saturated carbocycles. The molecule has 1 N–H and O–H groups in total. The number of aryl methyl sites for hydroxylation is 1. The van der Waals surface area contributed by atoms with E-state index in [0.717, 1.165) is 5.56 Å². The topological polar surface area (TPSA) is 66.5 Å². The highest BCUT2D eigenvalue weighted by Crippen LogP contribution is 2.16. The Labute approximate surface area is 153 Å². The molecule has 5 nitrogen and oxygen atoms in total. The van der Waals surface area contributed by atoms with E-state index in [9.17, 15) is 17.6 Å². The number of halogens is 1. The van der Waals surface area contributed by atoms with Gasteiger partial charge in [0.1, 0.15) is 5.82 Å². The van der Waals surface area contributed by atoms with E-state index in [1.807, 2.05) is 0 Å². The zero-order valence-electron chi connectivity index (χ0n) is 15.1. The van der Waals surface area contributed by atoms with E-state index in [1.54, 1.807) is 45.2 Å². The van der Waals surface area contributed by atoms with Crippen LogP contribution in [0.3, 0.4) is 0 Å². The van der Waals surface area contributed by atoms with Gasteiger partial charge >= 0.3 is 0 Å². The van der Waals surface area contributed by atoms with Crippen LogP contribution in [-0.2, 0) is 21.2 Å². The molecule has 0 atom stereocenters. The molecule has 2 rings (SSSR count). The van der Waals surface area contributed by atoms with Crippen molar-refractivity contribution in [3.05, 3.63) is 59.9 Å². The highest BCUT2D eigenvalue weighted by Gasteiger charge is 2.15. The molecule has 2 aromatic rings. The van der Waals surface area contributed by atoms with Crippen LogP contribution in [-0.4, -0.2) is 27.4 Å². The molecule has 1 amide bonds. The first-order valence-corrected chi connectivity index (χ1v) is 9.81. The molecular formula is C19H23FN2O3S. The standard InChI is InChI=1S/C19H23FN2O3S/c1-14(2)21-26(24,25)18-11-4-15(5-12-18)6-13-19(23)22(3)17-9-7-16(20)8-10-17/h4-5,7-12,14,21H,6,13H2,1-3H3. The molecule has 140 valence electrons. The molecule has 0 spiro atoms. The Morgan fingerprint density at radius 2 is 1.65 bits per heavy atom. The number of carbonyl (C=O) groups excluding carboxylic acids is 1. The number of anilines is 1. The van der Waals surface area contributed by atoms with Crippen LogP contribution < -0.4 is 9.62 Å². The Kier molecular flexibility index (Phi) is 6.50. The van der Waals surface area contributed by atoms with Crippen molar-refractivity contribution in [2.45, 2.75) is 37.6 Å². The second-order valence-corrected chi connectivity index (χ2v) is 8.06. The molecule has 0 aliphatic heterocycles. The van der Waals surface area contributed by atoms with E-state index in [1.165, 1.54) is 29.2 Å². The van der Waals surface area contributed by atoms with E-state index in [4.69, 9.17) is 0 Å². The van der Waals surface area contributed by atoms with E-state index in [0.29, 0.717) is 12.1 Å². The first-order valence-electron chi connectivity index (χ1n) is 8.32. The number of rotatable bonds is 7. The molecule has 7 heteroatoms. The lowest BCUT2D eigenvalue weighted by Gasteiger charge is -2.17. The molecule has 0 aromatic heterocycles. The monoisotopic (exact) mass is 378 g/mol. The minimum absolute atomic E-state index is 0.102. The van der Waals surface area contributed by atoms with Crippen molar-refractivity contribution >= 4 is 21.6 Å². The number of hydrogen-bond donors (Lipinski definition) is 1. The fourth-order valence-electron chi connectivity index (χ4n) is 2.44. The number of nitrogens with one attached hydrogen (secondary N) is 1. The lowest BCUT2D eigenvalue weighted by molar-refractivity contribution is -0.118. The maximum Gasteiger partial charge on any atom is 0.240 e. The fraction of sp³-hybridized carbons (Fsp3) is 0.316. The van der Waals surface area contributed by atoms with Crippen molar-refractivity contribution in [2.24, 2.45) is 0 Å². The predicted molar refractivity (Wildman–Crippen MR) is 100 cm³/mol. The van der Waals surface area contributed by atoms with E-state index in [-0.39, 0.29) is 29.1 Å². The van der Waals surface area contributed by atoms with Crippen molar-refractivity contribution in [3.63, 3.8) is 0 Å². The molecule has 26 heavy (non-hydrogen) atoms. The maximum atomic E-state index is 13.0. The van der Waals surface area contributed by atoms with Crippen LogP contribution in [0.25, 0.3) is 0 Å². The molecule has 0 bridgehead atoms. The average Bonchev–Trinajstić information content (AvgIpc) is 2.59. The first-order chi connectivity index (χ1) is 12.2. The molecule has 2 aromatic carbocycles. The third-order valence-electron chi connectivity index (χ3n) is 3.84. The summed E-state index contributed by atoms with van der Waals surface area (Å²) in [7, 11) is -1.87. The minimum Gasteiger partial charge on any atom is -0.315 e. The van der Waals surface area contributed by atoms with Crippen molar-refractivity contribution in [3.8, 4) is 0 Å². The number of amides is 1. The first kappa shape index (κ1) is 20.1. The van der Waals surface area contributed by atoms with Gasteiger partial charge in [0, 0.05) is 25.2 Å². The van der Waals surface area contributed by atoms with Gasteiger partial charge in [-0.25, -0.2) is 17.5 Å². The van der Waals surface area contributed by atoms with Crippen LogP contribution in [0.4, 0.5) is 10.1 Å². The van der Waals surface area contributed by atoms with Crippen molar-refractivity contribution in [2.75, 3.05) is 11.9 Å². The second kappa shape index (κ2) is 8.42. The van der Waals surface area contributed by atoms with Crippen LogP contribution in [0, 0.1) is 5.82 Å². The van der Waals surface area contributed by atoms with Gasteiger partial charge in [0.2, 0.25) is 15.9 Å². The lowest BCUT2D eigenvalue weighted by atomic mass is 10.1. The van der Waals surface area contributed by atoms with Gasteiger partial charge in [0.15, 0.2) is 0 Å². The predicted octanol–water partition coefficient (Wildman–Crippen LogP) is 3.11. The zero-order chi connectivity index (χ0) is 19.3. The van der Waals surface area contributed by atoms with Crippen LogP contribution >= 0.6 is 0 Å². The van der Waals surface area contributed by atoms with Gasteiger partial charge in [-0.15, -0.1) is 0 Å². The third kappa shape index (κ3) is 5.37. The molecule has 0 aliphatic rings. The molecule has 0 saturated heterocycles. The zero-order valence-corrected chi connectivity index (χ0v) is 15.9. The number of hydrogen-bond acceptors (Lipinski definition) is 3. The lowest BCUT2D eigenvalue weighted by Crippen LogP contribution is -2.30. The number of sulfonamides is 1. The summed E-state index contributed by atoms with van der Waals surface area (Å²) in [5.41, 5.74) is 1.49. The van der Waals surface area contributed by atoms with Crippen LogP contribution in [0.1, 0.15) is 25.8 Å². The molecule has 0 aliphatic carbocycles. The number of carbonyl (C=O) groups is 1. The Bertz CT molecular complexity index is 847. The van der Waals surface area contributed by atoms with Crippen LogP contribution in [0.15, 0.2) is 53.4 Å². The average molecular weight is 378 g/mol. The third-order valence-corrected chi connectivity index (χ3v) is 5.51. The van der Waals surface area contributed by atoms with Crippen LogP contribution in [0.5, 0.6) is 0 Å². The summed E-state index contributed by atoms with van der Waals surface area (Å²) < 4.78 is 39.7. The van der Waals surface area contributed by atoms with Gasteiger partial charge in [0.25, 0.3) is 0 Å². The smallest absolute Gasteiger partial charge is 0.240 e. The summed E-state index contributed by atoms with van der Waals surface area (Å²) in [6.07, 6.45) is 0.756. The van der Waals surface area contributed by atoms with Gasteiger partial charge in [-0.05, 0) is 62.2 Å². The van der Waals surface area contributed by atoms with Gasteiger partial charge in [-0.2, -0.15) is 0 Å². The largest absolute Gasteiger partial charge is 0.315 e. The summed E-state index contributed by atoms with van der Waals surface area (Å²) >= 11 is 0. The molecule has 0 heterocycles. The Balaban J connectivity index is 1.97. The fourth-order valence-corrected chi connectivity index (χ4v) is 3.69. The van der Waals surface area contributed by atoms with Crippen molar-refractivity contribution in [1.82, 2.24) is 4.72 Å². The normalized spacial score (nSPS) is 11.6. The Morgan fingerprint density at radius 3 is 2.19 bits per heavy atom. The van der Waals surface area contributed by atoms with E-state index < -0.39 is 10.0 Å². The van der Waals surface area contributed by atoms with Gasteiger partial charge in [0.05, 0.1) is 4.90 Å². The number of nitrogens with zero attached hydrogens (tertiary/aromatic N) is 1. The summed E-state index contributed by atoms with van der Waals surface area (Å²) in [4.78, 5) is 14.0. The summed E-state index contributed by atoms with van der Waals surface area (Å²) in [5, 5.41) is 0. The molecule has 0 fully saturated rings. The quantitative estimate of drug-likeness (QED) is 0.805. The Hall–Kier alpha value is -2.25. The highest BCUT2D eigenvalue weighted by atomic mass is 32.2. The maximum absolute atomic E-state index is 13.0. The highest BCUT2D eigenvalue weighted by molar-refractivity contribution is 7.89. The molecule has 0 unspecified atom stereocenters. The Morgan fingerprint density at radius 1 is 1.08 bits per heavy atom. The summed E-state index contributed by atoms with van der Waals surface area (Å²) in [5.74, 6) is -0.452. The van der Waals surface area contributed by atoms with Crippen molar-refractivity contribution < 1.29 is 17.6 Å². The number of benzene rings is 2. The molecular weight excluding hydrogens is 355 g/mol. The van der Waals surface area contributed by atoms with Crippen molar-refractivity contribution in [1.29, 1.82) is 0 Å². The van der Waals surface area contributed by atoms with E-state index >= 15 is 0 Å². The summed E-state index contributed by atoms with van der Waals surface area (Å²) in [6.45, 7) is 3.52.